The van der Waals surface area contributed by atoms with Crippen molar-refractivity contribution >= 4 is 11.7 Å². The average molecular weight is 285 g/mol. The van der Waals surface area contributed by atoms with Gasteiger partial charge < -0.3 is 19.3 Å². The highest BCUT2D eigenvalue weighted by Gasteiger charge is 2.49. The first kappa shape index (κ1) is 15.4. The molecule has 20 heavy (non-hydrogen) atoms. The molecule has 2 aliphatic rings. The average Bonchev–Trinajstić information content (AvgIpc) is 2.90. The van der Waals surface area contributed by atoms with Crippen molar-refractivity contribution in [2.45, 2.75) is 58.2 Å². The van der Waals surface area contributed by atoms with E-state index in [0.717, 1.165) is 5.71 Å². The van der Waals surface area contributed by atoms with Crippen LogP contribution < -0.4 is 0 Å². The van der Waals surface area contributed by atoms with Crippen molar-refractivity contribution in [1.82, 2.24) is 0 Å². The van der Waals surface area contributed by atoms with E-state index in [-0.39, 0.29) is 37.3 Å². The lowest BCUT2D eigenvalue weighted by atomic mass is 10.0. The Balaban J connectivity index is 1.99. The number of hydrogen-bond donors (Lipinski definition) is 1. The minimum absolute atomic E-state index is 0.0607. The first-order valence-corrected chi connectivity index (χ1v) is 7.03. The number of ether oxygens (including phenoxy) is 3. The van der Waals surface area contributed by atoms with Crippen LogP contribution in [0.4, 0.5) is 0 Å². The maximum absolute atomic E-state index is 12.2. The number of fused-ring (bicyclic) bond motifs is 1. The minimum Gasteiger partial charge on any atom is -0.455 e. The van der Waals surface area contributed by atoms with E-state index in [1.807, 2.05) is 27.7 Å². The number of rotatable bonds is 4. The normalized spacial score (nSPS) is 33.9. The number of aliphatic hydroxyl groups is 1. The molecule has 2 fully saturated rings. The van der Waals surface area contributed by atoms with Crippen LogP contribution in [-0.4, -0.2) is 60.5 Å². The number of hydrogen-bond acceptors (Lipinski definition) is 6. The molecule has 5 atom stereocenters. The van der Waals surface area contributed by atoms with Gasteiger partial charge in [-0.3, -0.25) is 4.99 Å². The standard InChI is InChI=1S/C14H23NO5/c1-7(2)11(15-8(3)4)14(17)20-10-6-19-12-9(16)5-18-13(10)12/h7,9-13,16H,5-6H2,1-4H3. The number of carbonyl (C=O) groups is 1. The maximum Gasteiger partial charge on any atom is 0.331 e. The molecule has 0 spiro atoms. The van der Waals surface area contributed by atoms with Gasteiger partial charge in [-0.2, -0.15) is 0 Å². The van der Waals surface area contributed by atoms with Gasteiger partial charge in [0, 0.05) is 5.71 Å². The quantitative estimate of drug-likeness (QED) is 0.603. The van der Waals surface area contributed by atoms with E-state index in [1.54, 1.807) is 0 Å². The molecule has 2 saturated heterocycles. The predicted molar refractivity (Wildman–Crippen MR) is 72.8 cm³/mol. The van der Waals surface area contributed by atoms with Gasteiger partial charge in [-0.05, 0) is 19.8 Å². The summed E-state index contributed by atoms with van der Waals surface area (Å²) in [4.78, 5) is 16.6. The highest BCUT2D eigenvalue weighted by molar-refractivity contribution is 5.84. The van der Waals surface area contributed by atoms with E-state index in [1.165, 1.54) is 0 Å². The highest BCUT2D eigenvalue weighted by atomic mass is 16.6. The van der Waals surface area contributed by atoms with Crippen molar-refractivity contribution in [1.29, 1.82) is 0 Å². The molecule has 1 N–H and O–H groups in total. The fraction of sp³-hybridized carbons (Fsp3) is 0.857. The van der Waals surface area contributed by atoms with Crippen LogP contribution in [0.2, 0.25) is 0 Å². The smallest absolute Gasteiger partial charge is 0.331 e. The van der Waals surface area contributed by atoms with Gasteiger partial charge in [0.15, 0.2) is 6.10 Å². The van der Waals surface area contributed by atoms with Crippen LogP contribution in [-0.2, 0) is 19.0 Å². The van der Waals surface area contributed by atoms with Gasteiger partial charge in [-0.15, -0.1) is 0 Å². The van der Waals surface area contributed by atoms with Crippen molar-refractivity contribution in [3.63, 3.8) is 0 Å². The molecule has 0 aliphatic carbocycles. The van der Waals surface area contributed by atoms with Crippen molar-refractivity contribution in [3.8, 4) is 0 Å². The van der Waals surface area contributed by atoms with Crippen LogP contribution >= 0.6 is 0 Å². The first-order valence-electron chi connectivity index (χ1n) is 7.03. The van der Waals surface area contributed by atoms with Crippen LogP contribution in [0, 0.1) is 5.92 Å². The van der Waals surface area contributed by atoms with Crippen molar-refractivity contribution in [2.24, 2.45) is 10.9 Å². The molecule has 2 heterocycles. The van der Waals surface area contributed by atoms with E-state index >= 15 is 0 Å². The summed E-state index contributed by atoms with van der Waals surface area (Å²) in [5.41, 5.74) is 0.841. The summed E-state index contributed by atoms with van der Waals surface area (Å²) in [5.74, 6) is -0.300. The zero-order valence-electron chi connectivity index (χ0n) is 12.4. The van der Waals surface area contributed by atoms with Gasteiger partial charge in [0.2, 0.25) is 0 Å². The Hall–Kier alpha value is -0.980. The number of carbonyl (C=O) groups excluding carboxylic acids is 1. The Labute approximate surface area is 119 Å². The summed E-state index contributed by atoms with van der Waals surface area (Å²) in [6.45, 7) is 8.06. The van der Waals surface area contributed by atoms with E-state index in [0.29, 0.717) is 0 Å². The molecule has 0 saturated carbocycles. The molecule has 6 nitrogen and oxygen atoms in total. The number of nitrogens with zero attached hydrogens (tertiary/aromatic N) is 1. The second-order valence-corrected chi connectivity index (χ2v) is 5.90. The molecular weight excluding hydrogens is 262 g/mol. The Bertz CT molecular complexity index is 391. The fourth-order valence-corrected chi connectivity index (χ4v) is 2.52. The lowest BCUT2D eigenvalue weighted by Crippen LogP contribution is -2.38. The Morgan fingerprint density at radius 3 is 2.50 bits per heavy atom. The number of esters is 1. The molecule has 0 amide bonds. The molecule has 0 aromatic carbocycles. The third-order valence-corrected chi connectivity index (χ3v) is 3.52. The molecule has 0 radical (unpaired) electrons. The van der Waals surface area contributed by atoms with Crippen molar-refractivity contribution < 1.29 is 24.1 Å². The van der Waals surface area contributed by atoms with Crippen molar-refractivity contribution in [2.75, 3.05) is 13.2 Å². The molecule has 0 bridgehead atoms. The van der Waals surface area contributed by atoms with Gasteiger partial charge in [0.05, 0.1) is 13.2 Å². The summed E-state index contributed by atoms with van der Waals surface area (Å²) < 4.78 is 16.4. The van der Waals surface area contributed by atoms with E-state index in [4.69, 9.17) is 14.2 Å². The van der Waals surface area contributed by atoms with Crippen LogP contribution in [0.25, 0.3) is 0 Å². The van der Waals surface area contributed by atoms with Crippen LogP contribution in [0.3, 0.4) is 0 Å². The van der Waals surface area contributed by atoms with Gasteiger partial charge in [0.1, 0.15) is 24.4 Å². The third-order valence-electron chi connectivity index (χ3n) is 3.52. The largest absolute Gasteiger partial charge is 0.455 e. The maximum atomic E-state index is 12.2. The van der Waals surface area contributed by atoms with Crippen LogP contribution in [0.1, 0.15) is 27.7 Å². The molecule has 5 unspecified atom stereocenters. The predicted octanol–water partition coefficient (Wildman–Crippen LogP) is 0.562. The molecule has 0 aromatic rings. The SMILES string of the molecule is CC(C)=NC(C(=O)OC1COC2C(O)COC12)C(C)C. The van der Waals surface area contributed by atoms with E-state index < -0.39 is 18.2 Å². The Morgan fingerprint density at radius 2 is 1.90 bits per heavy atom. The van der Waals surface area contributed by atoms with Gasteiger partial charge in [-0.25, -0.2) is 4.79 Å². The summed E-state index contributed by atoms with van der Waals surface area (Å²) >= 11 is 0. The topological polar surface area (TPSA) is 77.4 Å². The summed E-state index contributed by atoms with van der Waals surface area (Å²) in [6, 6.07) is -0.509. The monoisotopic (exact) mass is 285 g/mol. The second-order valence-electron chi connectivity index (χ2n) is 5.90. The van der Waals surface area contributed by atoms with Gasteiger partial charge in [0.25, 0.3) is 0 Å². The van der Waals surface area contributed by atoms with Gasteiger partial charge in [-0.1, -0.05) is 13.8 Å². The summed E-state index contributed by atoms with van der Waals surface area (Å²) in [6.07, 6.45) is -1.85. The highest BCUT2D eigenvalue weighted by Crippen LogP contribution is 2.29. The molecule has 2 aliphatic heterocycles. The third kappa shape index (κ3) is 3.19. The first-order chi connectivity index (χ1) is 9.40. The number of aliphatic imine (C=N–C) groups is 1. The Kier molecular flexibility index (Phi) is 4.78. The molecular formula is C14H23NO5. The fourth-order valence-electron chi connectivity index (χ4n) is 2.52. The molecule has 114 valence electrons. The minimum atomic E-state index is -0.638. The molecule has 2 rings (SSSR count). The molecule has 6 heteroatoms. The number of aliphatic hydroxyl groups excluding tert-OH is 1. The zero-order valence-corrected chi connectivity index (χ0v) is 12.4. The Morgan fingerprint density at radius 1 is 1.25 bits per heavy atom. The van der Waals surface area contributed by atoms with Crippen LogP contribution in [0.15, 0.2) is 4.99 Å². The molecule has 0 aromatic heterocycles. The zero-order chi connectivity index (χ0) is 14.9. The second kappa shape index (κ2) is 6.20. The van der Waals surface area contributed by atoms with Gasteiger partial charge >= 0.3 is 5.97 Å². The van der Waals surface area contributed by atoms with Crippen molar-refractivity contribution in [3.05, 3.63) is 0 Å². The lowest BCUT2D eigenvalue weighted by Gasteiger charge is -2.21. The summed E-state index contributed by atoms with van der Waals surface area (Å²) in [7, 11) is 0. The van der Waals surface area contributed by atoms with Crippen LogP contribution in [0.5, 0.6) is 0 Å². The van der Waals surface area contributed by atoms with E-state index in [9.17, 15) is 9.90 Å². The van der Waals surface area contributed by atoms with E-state index in [2.05, 4.69) is 4.99 Å². The lowest BCUT2D eigenvalue weighted by molar-refractivity contribution is -0.156. The summed E-state index contributed by atoms with van der Waals surface area (Å²) in [5, 5.41) is 9.66.